The van der Waals surface area contributed by atoms with Crippen molar-refractivity contribution in [3.8, 4) is 5.75 Å². The lowest BCUT2D eigenvalue weighted by Crippen LogP contribution is -2.32. The van der Waals surface area contributed by atoms with Crippen LogP contribution >= 0.6 is 0 Å². The van der Waals surface area contributed by atoms with Crippen molar-refractivity contribution in [2.75, 3.05) is 25.7 Å². The molecule has 1 aliphatic heterocycles. The molecule has 0 aliphatic carbocycles. The third-order valence-corrected chi connectivity index (χ3v) is 6.25. The van der Waals surface area contributed by atoms with Crippen LogP contribution in [0.4, 0.5) is 0 Å². The average molecular weight is 349 g/mol. The van der Waals surface area contributed by atoms with Gasteiger partial charge < -0.3 is 4.74 Å². The Morgan fingerprint density at radius 3 is 2.88 bits per heavy atom. The Labute approximate surface area is 143 Å². The third-order valence-electron chi connectivity index (χ3n) is 4.50. The molecule has 3 rings (SSSR count). The smallest absolute Gasteiger partial charge is 0.151 e. The van der Waals surface area contributed by atoms with Crippen LogP contribution in [-0.4, -0.2) is 54.8 Å². The molecule has 1 aromatic heterocycles. The van der Waals surface area contributed by atoms with Crippen molar-refractivity contribution < 1.29 is 13.2 Å². The first-order valence-corrected chi connectivity index (χ1v) is 9.83. The topological polar surface area (TPSA) is 64.4 Å². The molecule has 0 saturated carbocycles. The molecule has 1 saturated heterocycles. The predicted molar refractivity (Wildman–Crippen MR) is 92.8 cm³/mol. The molecule has 0 spiro atoms. The lowest BCUT2D eigenvalue weighted by Gasteiger charge is -2.23. The summed E-state index contributed by atoms with van der Waals surface area (Å²) in [7, 11) is 0.794. The fourth-order valence-electron chi connectivity index (χ4n) is 3.16. The molecule has 24 heavy (non-hydrogen) atoms. The predicted octanol–water partition coefficient (Wildman–Crippen LogP) is 1.56. The molecule has 0 radical (unpaired) electrons. The summed E-state index contributed by atoms with van der Waals surface area (Å²) in [5.74, 6) is 1.40. The maximum absolute atomic E-state index is 11.7. The zero-order valence-corrected chi connectivity index (χ0v) is 14.9. The monoisotopic (exact) mass is 349 g/mol. The van der Waals surface area contributed by atoms with E-state index in [0.29, 0.717) is 12.3 Å². The van der Waals surface area contributed by atoms with Crippen molar-refractivity contribution >= 4 is 9.84 Å². The van der Waals surface area contributed by atoms with Gasteiger partial charge >= 0.3 is 0 Å². The average Bonchev–Trinajstić information content (AvgIpc) is 3.17. The van der Waals surface area contributed by atoms with Gasteiger partial charge in [0.2, 0.25) is 0 Å². The molecular formula is C17H23N3O3S. The van der Waals surface area contributed by atoms with Crippen LogP contribution in [0.1, 0.15) is 17.5 Å². The summed E-state index contributed by atoms with van der Waals surface area (Å²) in [6.07, 6.45) is 4.39. The highest BCUT2D eigenvalue weighted by Gasteiger charge is 2.30. The lowest BCUT2D eigenvalue weighted by molar-refractivity contribution is 0.253. The Morgan fingerprint density at radius 1 is 1.42 bits per heavy atom. The molecule has 2 heterocycles. The highest BCUT2D eigenvalue weighted by Crippen LogP contribution is 2.23. The van der Waals surface area contributed by atoms with E-state index in [1.165, 1.54) is 0 Å². The van der Waals surface area contributed by atoms with Gasteiger partial charge in [0.1, 0.15) is 5.75 Å². The van der Waals surface area contributed by atoms with Gasteiger partial charge in [0, 0.05) is 30.5 Å². The van der Waals surface area contributed by atoms with Gasteiger partial charge in [0.05, 0.1) is 25.2 Å². The summed E-state index contributed by atoms with van der Waals surface area (Å²) in [5.41, 5.74) is 2.20. The van der Waals surface area contributed by atoms with E-state index in [0.717, 1.165) is 29.8 Å². The molecule has 0 bridgehead atoms. The Hall–Kier alpha value is -1.86. The van der Waals surface area contributed by atoms with E-state index >= 15 is 0 Å². The Kier molecular flexibility index (Phi) is 4.91. The largest absolute Gasteiger partial charge is 0.496 e. The first-order chi connectivity index (χ1) is 11.5. The highest BCUT2D eigenvalue weighted by molar-refractivity contribution is 7.91. The molecule has 7 heteroatoms. The van der Waals surface area contributed by atoms with E-state index in [-0.39, 0.29) is 11.8 Å². The van der Waals surface area contributed by atoms with Gasteiger partial charge in [0.25, 0.3) is 0 Å². The fraction of sp³-hybridized carbons (Fsp3) is 0.471. The molecule has 0 N–H and O–H groups in total. The van der Waals surface area contributed by atoms with Gasteiger partial charge in [-0.25, -0.2) is 8.42 Å². The quantitative estimate of drug-likeness (QED) is 0.792. The van der Waals surface area contributed by atoms with E-state index < -0.39 is 9.84 Å². The van der Waals surface area contributed by atoms with Crippen LogP contribution in [0.2, 0.25) is 0 Å². The zero-order chi connectivity index (χ0) is 17.2. The summed E-state index contributed by atoms with van der Waals surface area (Å²) in [5, 5.41) is 4.24. The minimum atomic E-state index is -2.86. The van der Waals surface area contributed by atoms with Crippen molar-refractivity contribution in [2.45, 2.75) is 25.6 Å². The molecule has 1 atom stereocenters. The minimum absolute atomic E-state index is 0.103. The molecule has 0 amide bonds. The number of methoxy groups -OCH3 is 1. The molecule has 2 aromatic rings. The summed E-state index contributed by atoms with van der Waals surface area (Å²) in [6.45, 7) is 1.36. The van der Waals surface area contributed by atoms with Crippen molar-refractivity contribution in [3.05, 3.63) is 47.8 Å². The number of sulfone groups is 1. The number of hydrogen-bond acceptors (Lipinski definition) is 5. The van der Waals surface area contributed by atoms with Crippen molar-refractivity contribution in [1.29, 1.82) is 0 Å². The van der Waals surface area contributed by atoms with Gasteiger partial charge in [-0.15, -0.1) is 0 Å². The molecule has 1 fully saturated rings. The molecule has 0 unspecified atom stereocenters. The molecule has 1 aliphatic rings. The normalized spacial score (nSPS) is 19.7. The van der Waals surface area contributed by atoms with Crippen LogP contribution < -0.4 is 4.74 Å². The van der Waals surface area contributed by atoms with E-state index in [2.05, 4.69) is 16.1 Å². The molecule has 130 valence electrons. The molecule has 1 aromatic carbocycles. The van der Waals surface area contributed by atoms with Gasteiger partial charge in [0.15, 0.2) is 9.84 Å². The van der Waals surface area contributed by atoms with Crippen LogP contribution in [0.5, 0.6) is 5.75 Å². The van der Waals surface area contributed by atoms with Crippen LogP contribution in [0.25, 0.3) is 0 Å². The number of rotatable bonds is 6. The van der Waals surface area contributed by atoms with Crippen molar-refractivity contribution in [2.24, 2.45) is 0 Å². The Morgan fingerprint density at radius 2 is 2.25 bits per heavy atom. The number of aromatic nitrogens is 2. The van der Waals surface area contributed by atoms with E-state index in [9.17, 15) is 8.42 Å². The van der Waals surface area contributed by atoms with E-state index in [1.807, 2.05) is 36.1 Å². The van der Waals surface area contributed by atoms with Crippen LogP contribution in [-0.2, 0) is 22.9 Å². The minimum Gasteiger partial charge on any atom is -0.496 e. The van der Waals surface area contributed by atoms with Crippen molar-refractivity contribution in [1.82, 2.24) is 14.7 Å². The number of nitrogens with zero attached hydrogens (tertiary/aromatic N) is 3. The summed E-state index contributed by atoms with van der Waals surface area (Å²) >= 11 is 0. The molecule has 6 nitrogen and oxygen atoms in total. The highest BCUT2D eigenvalue weighted by atomic mass is 32.2. The van der Waals surface area contributed by atoms with Crippen LogP contribution in [0.15, 0.2) is 36.7 Å². The first kappa shape index (κ1) is 17.0. The second-order valence-corrected chi connectivity index (χ2v) is 8.55. The number of benzene rings is 1. The van der Waals surface area contributed by atoms with Gasteiger partial charge in [-0.05, 0) is 37.2 Å². The van der Waals surface area contributed by atoms with Crippen LogP contribution in [0, 0.1) is 0 Å². The maximum atomic E-state index is 11.7. The fourth-order valence-corrected chi connectivity index (χ4v) is 4.97. The zero-order valence-electron chi connectivity index (χ0n) is 14.1. The van der Waals surface area contributed by atoms with Gasteiger partial charge in [-0.2, -0.15) is 5.10 Å². The summed E-state index contributed by atoms with van der Waals surface area (Å²) in [6, 6.07) is 8.11. The molecular weight excluding hydrogens is 326 g/mol. The first-order valence-electron chi connectivity index (χ1n) is 8.01. The van der Waals surface area contributed by atoms with Crippen molar-refractivity contribution in [3.63, 3.8) is 0 Å². The summed E-state index contributed by atoms with van der Waals surface area (Å²) < 4.78 is 30.6. The van der Waals surface area contributed by atoms with Crippen LogP contribution in [0.3, 0.4) is 0 Å². The van der Waals surface area contributed by atoms with Gasteiger partial charge in [-0.1, -0.05) is 6.07 Å². The Bertz CT molecular complexity index is 787. The second kappa shape index (κ2) is 6.94. The van der Waals surface area contributed by atoms with E-state index in [4.69, 9.17) is 4.74 Å². The van der Waals surface area contributed by atoms with Gasteiger partial charge in [-0.3, -0.25) is 9.58 Å². The number of ether oxygens (including phenoxy) is 1. The number of hydrogen-bond donors (Lipinski definition) is 0. The maximum Gasteiger partial charge on any atom is 0.151 e. The SMILES string of the molecule is COc1ccc(CN(C)[C@H]2CCS(=O)(=O)C2)cc1Cn1cccn1. The second-order valence-electron chi connectivity index (χ2n) is 6.32. The standard InChI is InChI=1S/C17H23N3O3S/c1-19(16-6-9-24(21,22)13-16)11-14-4-5-17(23-2)15(10-14)12-20-8-3-7-18-20/h3-5,7-8,10,16H,6,9,11-13H2,1-2H3/t16-/m0/s1. The summed E-state index contributed by atoms with van der Waals surface area (Å²) in [4.78, 5) is 2.13. The van der Waals surface area contributed by atoms with E-state index in [1.54, 1.807) is 13.3 Å². The third kappa shape index (κ3) is 3.96. The Balaban J connectivity index is 1.74. The lowest BCUT2D eigenvalue weighted by atomic mass is 10.1.